The maximum atomic E-state index is 13.6. The van der Waals surface area contributed by atoms with E-state index in [1.807, 2.05) is 0 Å². The van der Waals surface area contributed by atoms with Crippen LogP contribution in [0.4, 0.5) is 4.39 Å². The van der Waals surface area contributed by atoms with Crippen molar-refractivity contribution in [1.29, 1.82) is 0 Å². The van der Waals surface area contributed by atoms with Crippen LogP contribution >= 0.6 is 11.6 Å². The van der Waals surface area contributed by atoms with Gasteiger partial charge in [0.25, 0.3) is 0 Å². The molecule has 16 heavy (non-hydrogen) atoms. The highest BCUT2D eigenvalue weighted by atomic mass is 35.5. The Bertz CT molecular complexity index is 363. The number of rotatable bonds is 4. The number of alkyl halides is 1. The topological polar surface area (TPSA) is 46.2 Å². The summed E-state index contributed by atoms with van der Waals surface area (Å²) >= 11 is 6.00. The zero-order chi connectivity index (χ0) is 12.3. The van der Waals surface area contributed by atoms with E-state index in [0.717, 1.165) is 0 Å². The summed E-state index contributed by atoms with van der Waals surface area (Å²) < 4.78 is 13.6. The van der Waals surface area contributed by atoms with Crippen LogP contribution < -0.4 is 5.73 Å². The van der Waals surface area contributed by atoms with E-state index in [9.17, 15) is 9.50 Å². The maximum absolute atomic E-state index is 13.6. The molecule has 1 atom stereocenters. The first-order valence-electron chi connectivity index (χ1n) is 5.23. The number of hydrogen-bond donors (Lipinski definition) is 2. The van der Waals surface area contributed by atoms with Crippen molar-refractivity contribution in [2.45, 2.75) is 32.0 Å². The molecule has 0 aliphatic carbocycles. The van der Waals surface area contributed by atoms with Crippen LogP contribution in [0.1, 0.15) is 37.5 Å². The highest BCUT2D eigenvalue weighted by Crippen LogP contribution is 2.31. The number of nitrogens with two attached hydrogens (primary N) is 1. The van der Waals surface area contributed by atoms with E-state index >= 15 is 0 Å². The van der Waals surface area contributed by atoms with Crippen LogP contribution in [-0.2, 0) is 5.67 Å². The van der Waals surface area contributed by atoms with Crippen molar-refractivity contribution in [2.24, 2.45) is 5.73 Å². The lowest BCUT2D eigenvalue weighted by atomic mass is 9.97. The van der Waals surface area contributed by atoms with E-state index in [2.05, 4.69) is 0 Å². The lowest BCUT2D eigenvalue weighted by molar-refractivity contribution is 0.170. The molecule has 0 radical (unpaired) electrons. The van der Waals surface area contributed by atoms with Gasteiger partial charge in [-0.3, -0.25) is 0 Å². The summed E-state index contributed by atoms with van der Waals surface area (Å²) in [4.78, 5) is 0. The summed E-state index contributed by atoms with van der Waals surface area (Å²) in [5.41, 5.74) is 5.02. The maximum Gasteiger partial charge on any atom is 0.130 e. The van der Waals surface area contributed by atoms with Gasteiger partial charge in [0.1, 0.15) is 5.67 Å². The van der Waals surface area contributed by atoms with Crippen LogP contribution in [0, 0.1) is 0 Å². The fourth-order valence-corrected chi connectivity index (χ4v) is 1.79. The van der Waals surface area contributed by atoms with Crippen LogP contribution in [0.3, 0.4) is 0 Å². The number of halogens is 2. The van der Waals surface area contributed by atoms with Crippen LogP contribution in [0.2, 0.25) is 5.02 Å². The molecule has 0 heterocycles. The second-order valence-corrected chi connectivity index (χ2v) is 4.71. The molecule has 0 spiro atoms. The van der Waals surface area contributed by atoms with Crippen molar-refractivity contribution >= 4 is 11.6 Å². The molecule has 0 aliphatic heterocycles. The Kier molecular flexibility index (Phi) is 4.30. The lowest BCUT2D eigenvalue weighted by Crippen LogP contribution is -2.11. The summed E-state index contributed by atoms with van der Waals surface area (Å²) in [7, 11) is 0. The molecule has 0 amide bonds. The Labute approximate surface area is 100 Å². The lowest BCUT2D eigenvalue weighted by Gasteiger charge is -2.18. The van der Waals surface area contributed by atoms with Crippen molar-refractivity contribution in [1.82, 2.24) is 0 Å². The van der Waals surface area contributed by atoms with Gasteiger partial charge in [-0.15, -0.1) is 0 Å². The molecule has 0 fully saturated rings. The molecule has 1 aromatic rings. The minimum atomic E-state index is -1.43. The van der Waals surface area contributed by atoms with Gasteiger partial charge in [-0.1, -0.05) is 23.7 Å². The second-order valence-electron chi connectivity index (χ2n) is 4.30. The van der Waals surface area contributed by atoms with Crippen molar-refractivity contribution < 1.29 is 9.50 Å². The highest BCUT2D eigenvalue weighted by molar-refractivity contribution is 6.31. The molecule has 4 heteroatoms. The van der Waals surface area contributed by atoms with E-state index < -0.39 is 11.8 Å². The van der Waals surface area contributed by atoms with E-state index in [1.54, 1.807) is 18.2 Å². The van der Waals surface area contributed by atoms with Crippen LogP contribution in [-0.4, -0.2) is 11.7 Å². The summed E-state index contributed by atoms with van der Waals surface area (Å²) in [5, 5.41) is 10.1. The average Bonchev–Trinajstić information content (AvgIpc) is 2.16. The van der Waals surface area contributed by atoms with Crippen molar-refractivity contribution in [3.8, 4) is 0 Å². The first kappa shape index (κ1) is 13.4. The smallest absolute Gasteiger partial charge is 0.130 e. The van der Waals surface area contributed by atoms with Crippen LogP contribution in [0.15, 0.2) is 18.2 Å². The van der Waals surface area contributed by atoms with Gasteiger partial charge < -0.3 is 10.8 Å². The van der Waals surface area contributed by atoms with Gasteiger partial charge in [0.2, 0.25) is 0 Å². The van der Waals surface area contributed by atoms with Gasteiger partial charge in [-0.25, -0.2) is 4.39 Å². The first-order valence-corrected chi connectivity index (χ1v) is 5.61. The molecule has 0 bridgehead atoms. The van der Waals surface area contributed by atoms with E-state index in [1.165, 1.54) is 13.8 Å². The zero-order valence-electron chi connectivity index (χ0n) is 9.50. The minimum absolute atomic E-state index is 0.379. The van der Waals surface area contributed by atoms with Gasteiger partial charge in [-0.2, -0.15) is 0 Å². The molecule has 1 aromatic carbocycles. The fraction of sp³-hybridized carbons (Fsp3) is 0.500. The third kappa shape index (κ3) is 3.17. The summed E-state index contributed by atoms with van der Waals surface area (Å²) in [6.45, 7) is 3.32. The Morgan fingerprint density at radius 2 is 2.12 bits per heavy atom. The van der Waals surface area contributed by atoms with Crippen LogP contribution in [0.25, 0.3) is 0 Å². The van der Waals surface area contributed by atoms with E-state index in [-0.39, 0.29) is 0 Å². The molecule has 0 aliphatic rings. The number of aliphatic hydroxyl groups excluding tert-OH is 1. The number of hydrogen-bond acceptors (Lipinski definition) is 2. The molecule has 0 saturated carbocycles. The Morgan fingerprint density at radius 1 is 1.50 bits per heavy atom. The first-order chi connectivity index (χ1) is 7.36. The Balaban J connectivity index is 3.00. The zero-order valence-corrected chi connectivity index (χ0v) is 10.3. The van der Waals surface area contributed by atoms with E-state index in [0.29, 0.717) is 29.1 Å². The van der Waals surface area contributed by atoms with Gasteiger partial charge in [0.05, 0.1) is 6.10 Å². The van der Waals surface area contributed by atoms with Crippen LogP contribution in [0.5, 0.6) is 0 Å². The van der Waals surface area contributed by atoms with Gasteiger partial charge >= 0.3 is 0 Å². The third-order valence-electron chi connectivity index (χ3n) is 2.49. The molecule has 1 unspecified atom stereocenters. The Hall–Kier alpha value is -0.640. The minimum Gasteiger partial charge on any atom is -0.388 e. The van der Waals surface area contributed by atoms with Crippen molar-refractivity contribution in [2.75, 3.05) is 6.54 Å². The summed E-state index contributed by atoms with van der Waals surface area (Å²) in [6, 6.07) is 4.84. The molecular formula is C12H17ClFNO. The summed E-state index contributed by atoms with van der Waals surface area (Å²) in [5.74, 6) is 0. The predicted molar refractivity (Wildman–Crippen MR) is 64.2 cm³/mol. The quantitative estimate of drug-likeness (QED) is 0.857. The average molecular weight is 246 g/mol. The largest absolute Gasteiger partial charge is 0.388 e. The molecule has 90 valence electrons. The molecule has 3 N–H and O–H groups in total. The second kappa shape index (κ2) is 5.13. The summed E-state index contributed by atoms with van der Waals surface area (Å²) in [6.07, 6.45) is -0.243. The monoisotopic (exact) mass is 245 g/mol. The highest BCUT2D eigenvalue weighted by Gasteiger charge is 2.20. The molecule has 0 saturated heterocycles. The fourth-order valence-electron chi connectivity index (χ4n) is 1.48. The van der Waals surface area contributed by atoms with Crippen molar-refractivity contribution in [3.63, 3.8) is 0 Å². The van der Waals surface area contributed by atoms with E-state index in [4.69, 9.17) is 17.3 Å². The normalized spacial score (nSPS) is 13.9. The van der Waals surface area contributed by atoms with Gasteiger partial charge in [0, 0.05) is 5.02 Å². The standard InChI is InChI=1S/C12H17ClFNO/c1-12(2,14)8-3-4-9(10(13)7-8)11(16)5-6-15/h3-4,7,11,16H,5-6,15H2,1-2H3. The number of benzene rings is 1. The van der Waals surface area contributed by atoms with Gasteiger partial charge in [0.15, 0.2) is 0 Å². The molecule has 1 rings (SSSR count). The van der Waals surface area contributed by atoms with Gasteiger partial charge in [-0.05, 0) is 44.0 Å². The molecule has 0 aromatic heterocycles. The SMILES string of the molecule is CC(C)(F)c1ccc(C(O)CCN)c(Cl)c1. The third-order valence-corrected chi connectivity index (χ3v) is 2.81. The molecule has 2 nitrogen and oxygen atoms in total. The predicted octanol–water partition coefficient (Wildman–Crippen LogP) is 2.93. The Morgan fingerprint density at radius 3 is 2.56 bits per heavy atom. The van der Waals surface area contributed by atoms with Crippen molar-refractivity contribution in [3.05, 3.63) is 34.3 Å². The number of aliphatic hydroxyl groups is 1. The molecular weight excluding hydrogens is 229 g/mol.